The van der Waals surface area contributed by atoms with Gasteiger partial charge in [0.25, 0.3) is 0 Å². The predicted octanol–water partition coefficient (Wildman–Crippen LogP) is 5.13. The third-order valence-corrected chi connectivity index (χ3v) is 5.18. The quantitative estimate of drug-likeness (QED) is 0.394. The van der Waals surface area contributed by atoms with Gasteiger partial charge in [-0.05, 0) is 56.7 Å². The molecule has 0 unspecified atom stereocenters. The van der Waals surface area contributed by atoms with Crippen molar-refractivity contribution in [2.75, 3.05) is 6.61 Å². The first kappa shape index (κ1) is 20.1. The smallest absolute Gasteiger partial charge is 0.310 e. The van der Waals surface area contributed by atoms with Crippen molar-refractivity contribution in [3.8, 4) is 5.69 Å². The molecule has 3 rings (SSSR count). The molecule has 0 radical (unpaired) electrons. The summed E-state index contributed by atoms with van der Waals surface area (Å²) in [5, 5.41) is 0. The van der Waals surface area contributed by atoms with Gasteiger partial charge in [0.05, 0.1) is 6.42 Å². The summed E-state index contributed by atoms with van der Waals surface area (Å²) in [6, 6.07) is 17.4. The molecule has 2 aromatic carbocycles. The summed E-state index contributed by atoms with van der Waals surface area (Å²) in [5.74, 6) is -0.612. The summed E-state index contributed by atoms with van der Waals surface area (Å²) in [7, 11) is 0. The Bertz CT molecular complexity index is 1000. The topological polar surface area (TPSA) is 48.3 Å². The van der Waals surface area contributed by atoms with Gasteiger partial charge in [-0.15, -0.1) is 0 Å². The summed E-state index contributed by atoms with van der Waals surface area (Å²) < 4.78 is 8.19. The van der Waals surface area contributed by atoms with Crippen molar-refractivity contribution in [3.05, 3.63) is 87.1 Å². The van der Waals surface area contributed by atoms with Gasteiger partial charge in [-0.2, -0.15) is 0 Å². The second kappa shape index (κ2) is 8.57. The lowest BCUT2D eigenvalue weighted by atomic mass is 10.1. The zero-order valence-electron chi connectivity index (χ0n) is 16.2. The molecule has 1 aromatic heterocycles. The second-order valence-corrected chi connectivity index (χ2v) is 7.76. The van der Waals surface area contributed by atoms with Crippen molar-refractivity contribution in [1.29, 1.82) is 0 Å². The van der Waals surface area contributed by atoms with Crippen LogP contribution >= 0.6 is 15.9 Å². The Balaban J connectivity index is 1.67. The number of halogens is 1. The Labute approximate surface area is 173 Å². The highest BCUT2D eigenvalue weighted by atomic mass is 79.9. The molecule has 5 heteroatoms. The van der Waals surface area contributed by atoms with E-state index in [1.807, 2.05) is 79.9 Å². The lowest BCUT2D eigenvalue weighted by Gasteiger charge is -2.10. The molecular formula is C23H22BrNO3. The van der Waals surface area contributed by atoms with Crippen LogP contribution in [-0.2, 0) is 16.0 Å². The highest BCUT2D eigenvalue weighted by molar-refractivity contribution is 9.10. The molecule has 0 bridgehead atoms. The van der Waals surface area contributed by atoms with Gasteiger partial charge < -0.3 is 9.30 Å². The molecular weight excluding hydrogens is 418 g/mol. The maximum absolute atomic E-state index is 12.6. The molecule has 0 saturated carbocycles. The average Bonchev–Trinajstić information content (AvgIpc) is 2.97. The van der Waals surface area contributed by atoms with E-state index in [0.29, 0.717) is 5.56 Å². The van der Waals surface area contributed by atoms with E-state index in [1.165, 1.54) is 5.56 Å². The number of aromatic nitrogens is 1. The first-order valence-electron chi connectivity index (χ1n) is 9.04. The Morgan fingerprint density at radius 2 is 1.61 bits per heavy atom. The number of ether oxygens (including phenoxy) is 1. The van der Waals surface area contributed by atoms with Gasteiger partial charge in [0.1, 0.15) is 0 Å². The Morgan fingerprint density at radius 1 is 0.964 bits per heavy atom. The van der Waals surface area contributed by atoms with Crippen molar-refractivity contribution in [2.24, 2.45) is 0 Å². The van der Waals surface area contributed by atoms with Crippen LogP contribution in [0.15, 0.2) is 59.1 Å². The van der Waals surface area contributed by atoms with Gasteiger partial charge in [-0.1, -0.05) is 45.8 Å². The van der Waals surface area contributed by atoms with Crippen molar-refractivity contribution in [2.45, 2.75) is 27.2 Å². The summed E-state index contributed by atoms with van der Waals surface area (Å²) in [5.41, 5.74) is 5.42. The molecule has 144 valence electrons. The first-order chi connectivity index (χ1) is 13.3. The summed E-state index contributed by atoms with van der Waals surface area (Å²) >= 11 is 3.36. The highest BCUT2D eigenvalue weighted by Gasteiger charge is 2.18. The molecule has 28 heavy (non-hydrogen) atoms. The van der Waals surface area contributed by atoms with Crippen molar-refractivity contribution in [3.63, 3.8) is 0 Å². The third kappa shape index (κ3) is 4.60. The normalized spacial score (nSPS) is 10.7. The minimum absolute atomic E-state index is 0.142. The van der Waals surface area contributed by atoms with Gasteiger partial charge in [-0.3, -0.25) is 9.59 Å². The lowest BCUT2D eigenvalue weighted by molar-refractivity contribution is -0.141. The largest absolute Gasteiger partial charge is 0.457 e. The van der Waals surface area contributed by atoms with Crippen LogP contribution in [0.4, 0.5) is 0 Å². The number of ketones is 1. The number of nitrogens with zero attached hydrogens (tertiary/aromatic N) is 1. The molecule has 0 saturated heterocycles. The van der Waals surface area contributed by atoms with Crippen molar-refractivity contribution < 1.29 is 14.3 Å². The van der Waals surface area contributed by atoms with Crippen LogP contribution in [0.25, 0.3) is 5.69 Å². The third-order valence-electron chi connectivity index (χ3n) is 4.65. The van der Waals surface area contributed by atoms with E-state index in [4.69, 9.17) is 4.74 Å². The summed E-state index contributed by atoms with van der Waals surface area (Å²) in [6.45, 7) is 5.65. The van der Waals surface area contributed by atoms with Crippen molar-refractivity contribution in [1.82, 2.24) is 4.57 Å². The van der Waals surface area contributed by atoms with E-state index < -0.39 is 5.97 Å². The summed E-state index contributed by atoms with van der Waals surface area (Å²) in [4.78, 5) is 24.7. The zero-order valence-corrected chi connectivity index (χ0v) is 17.7. The molecule has 0 amide bonds. The Kier molecular flexibility index (Phi) is 6.15. The molecule has 0 atom stereocenters. The highest BCUT2D eigenvalue weighted by Crippen LogP contribution is 2.22. The monoisotopic (exact) mass is 439 g/mol. The van der Waals surface area contributed by atoms with Gasteiger partial charge in [0, 0.05) is 27.1 Å². The molecule has 3 aromatic rings. The van der Waals surface area contributed by atoms with E-state index in [9.17, 15) is 9.59 Å². The molecule has 4 nitrogen and oxygen atoms in total. The van der Waals surface area contributed by atoms with E-state index in [-0.39, 0.29) is 18.8 Å². The van der Waals surface area contributed by atoms with Crippen molar-refractivity contribution >= 4 is 27.7 Å². The molecule has 0 aliphatic heterocycles. The van der Waals surface area contributed by atoms with Gasteiger partial charge in [0.15, 0.2) is 6.61 Å². The Hall–Kier alpha value is -2.66. The number of carbonyl (C=O) groups is 2. The SMILES string of the molecule is Cc1ccc(-n2c(C)cc(C(=O)COC(=O)Cc3ccc(Br)cc3)c2C)cc1. The number of hydrogen-bond acceptors (Lipinski definition) is 3. The number of Topliss-reactive ketones (excluding diaryl/α,β-unsaturated/α-hetero) is 1. The van der Waals surface area contributed by atoms with Crippen LogP contribution in [-0.4, -0.2) is 22.9 Å². The van der Waals surface area contributed by atoms with E-state index in [2.05, 4.69) is 15.9 Å². The number of aryl methyl sites for hydroxylation is 2. The van der Waals surface area contributed by atoms with Crippen LogP contribution in [0.2, 0.25) is 0 Å². The zero-order chi connectivity index (χ0) is 20.3. The number of benzene rings is 2. The standard InChI is InChI=1S/C23H22BrNO3/c1-15-4-10-20(11-5-15)25-16(2)12-21(17(25)3)22(26)14-28-23(27)13-18-6-8-19(24)9-7-18/h4-12H,13-14H2,1-3H3. The first-order valence-corrected chi connectivity index (χ1v) is 9.83. The van der Waals surface area contributed by atoms with Gasteiger partial charge >= 0.3 is 5.97 Å². The minimum Gasteiger partial charge on any atom is -0.457 e. The van der Waals surface area contributed by atoms with Crippen LogP contribution in [0, 0.1) is 20.8 Å². The Morgan fingerprint density at radius 3 is 2.25 bits per heavy atom. The van der Waals surface area contributed by atoms with E-state index in [1.54, 1.807) is 0 Å². The van der Waals surface area contributed by atoms with Crippen LogP contribution in [0.1, 0.15) is 32.9 Å². The molecule has 0 spiro atoms. The van der Waals surface area contributed by atoms with Crippen LogP contribution in [0.5, 0.6) is 0 Å². The summed E-state index contributed by atoms with van der Waals surface area (Å²) in [6.07, 6.45) is 0.142. The maximum Gasteiger partial charge on any atom is 0.310 e. The fourth-order valence-corrected chi connectivity index (χ4v) is 3.44. The molecule has 1 heterocycles. The average molecular weight is 440 g/mol. The predicted molar refractivity (Wildman–Crippen MR) is 113 cm³/mol. The second-order valence-electron chi connectivity index (χ2n) is 6.84. The molecule has 0 aliphatic carbocycles. The molecule has 0 fully saturated rings. The van der Waals surface area contributed by atoms with Gasteiger partial charge in [0.2, 0.25) is 5.78 Å². The minimum atomic E-state index is -0.414. The molecule has 0 aliphatic rings. The fourth-order valence-electron chi connectivity index (χ4n) is 3.18. The fraction of sp³-hybridized carbons (Fsp3) is 0.217. The van der Waals surface area contributed by atoms with E-state index >= 15 is 0 Å². The van der Waals surface area contributed by atoms with E-state index in [0.717, 1.165) is 27.1 Å². The van der Waals surface area contributed by atoms with Gasteiger partial charge in [-0.25, -0.2) is 0 Å². The maximum atomic E-state index is 12.6. The number of rotatable bonds is 6. The molecule has 0 N–H and O–H groups in total. The number of esters is 1. The number of hydrogen-bond donors (Lipinski definition) is 0. The number of carbonyl (C=O) groups excluding carboxylic acids is 2. The lowest BCUT2D eigenvalue weighted by Crippen LogP contribution is -2.16. The van der Waals surface area contributed by atoms with Crippen LogP contribution < -0.4 is 0 Å². The van der Waals surface area contributed by atoms with Crippen LogP contribution in [0.3, 0.4) is 0 Å².